The lowest BCUT2D eigenvalue weighted by molar-refractivity contribution is 0.0698. The van der Waals surface area contributed by atoms with E-state index < -0.39 is 16.0 Å². The van der Waals surface area contributed by atoms with Gasteiger partial charge >= 0.3 is 5.97 Å². The van der Waals surface area contributed by atoms with Crippen molar-refractivity contribution in [3.63, 3.8) is 0 Å². The van der Waals surface area contributed by atoms with Crippen LogP contribution in [0.15, 0.2) is 60.7 Å². The lowest BCUT2D eigenvalue weighted by atomic mass is 10.0. The summed E-state index contributed by atoms with van der Waals surface area (Å²) < 4.78 is 35.8. The number of carboxylic acid groups (broad SMARTS) is 1. The van der Waals surface area contributed by atoms with Crippen LogP contribution in [-0.2, 0) is 10.0 Å². The molecule has 3 aromatic rings. The van der Waals surface area contributed by atoms with Gasteiger partial charge in [0.05, 0.1) is 17.5 Å². The number of hydrogen-bond donors (Lipinski definition) is 3. The van der Waals surface area contributed by atoms with Crippen LogP contribution in [0.2, 0.25) is 0 Å². The minimum Gasteiger partial charge on any atom is -0.478 e. The molecular formula is C21H18N2O6S. The maximum Gasteiger partial charge on any atom is 0.337 e. The molecule has 30 heavy (non-hydrogen) atoms. The van der Waals surface area contributed by atoms with Crippen molar-refractivity contribution < 1.29 is 27.8 Å². The number of ether oxygens (including phenoxy) is 2. The Labute approximate surface area is 173 Å². The molecule has 1 aliphatic heterocycles. The number of aromatic carboxylic acids is 1. The molecule has 1 heterocycles. The van der Waals surface area contributed by atoms with Crippen LogP contribution >= 0.6 is 0 Å². The molecule has 4 rings (SSSR count). The fraction of sp³-hybridized carbons (Fsp3) is 0.0952. The van der Waals surface area contributed by atoms with Crippen LogP contribution in [0.25, 0.3) is 11.1 Å². The minimum absolute atomic E-state index is 0.117. The topological polar surface area (TPSA) is 114 Å². The number of carbonyl (C=O) groups is 1. The molecule has 0 atom stereocenters. The average molecular weight is 426 g/mol. The Morgan fingerprint density at radius 1 is 0.900 bits per heavy atom. The number of nitrogens with one attached hydrogen (secondary N) is 2. The van der Waals surface area contributed by atoms with Gasteiger partial charge in [-0.15, -0.1) is 0 Å². The Balaban J connectivity index is 1.65. The van der Waals surface area contributed by atoms with Crippen LogP contribution in [0.3, 0.4) is 0 Å². The van der Waals surface area contributed by atoms with Crippen LogP contribution < -0.4 is 19.5 Å². The normalized spacial score (nSPS) is 12.4. The zero-order chi connectivity index (χ0) is 21.3. The molecule has 0 saturated carbocycles. The van der Waals surface area contributed by atoms with Crippen molar-refractivity contribution in [1.82, 2.24) is 0 Å². The molecule has 0 radical (unpaired) electrons. The zero-order valence-electron chi connectivity index (χ0n) is 15.9. The molecule has 0 bridgehead atoms. The average Bonchev–Trinajstić information content (AvgIpc) is 3.15. The number of anilines is 3. The summed E-state index contributed by atoms with van der Waals surface area (Å²) in [5, 5.41) is 12.7. The first kappa shape index (κ1) is 19.6. The lowest BCUT2D eigenvalue weighted by Gasteiger charge is -2.13. The Kier molecular flexibility index (Phi) is 4.96. The van der Waals surface area contributed by atoms with Crippen molar-refractivity contribution in [1.29, 1.82) is 0 Å². The monoisotopic (exact) mass is 426 g/mol. The number of sulfonamides is 1. The van der Waals surface area contributed by atoms with Gasteiger partial charge in [-0.1, -0.05) is 18.2 Å². The summed E-state index contributed by atoms with van der Waals surface area (Å²) in [4.78, 5) is 11.7. The summed E-state index contributed by atoms with van der Waals surface area (Å²) in [6.07, 6.45) is 1.08. The number of carboxylic acids is 1. The molecule has 3 N–H and O–H groups in total. The van der Waals surface area contributed by atoms with E-state index in [-0.39, 0.29) is 12.4 Å². The van der Waals surface area contributed by atoms with E-state index in [0.717, 1.165) is 17.4 Å². The molecule has 0 aliphatic carbocycles. The van der Waals surface area contributed by atoms with Crippen LogP contribution in [0, 0.1) is 0 Å². The number of fused-ring (bicyclic) bond motifs is 1. The molecular weight excluding hydrogens is 408 g/mol. The van der Waals surface area contributed by atoms with Gasteiger partial charge in [-0.3, -0.25) is 4.72 Å². The Hall–Kier alpha value is -3.72. The molecule has 3 aromatic carbocycles. The third kappa shape index (κ3) is 4.31. The maximum absolute atomic E-state index is 11.7. The summed E-state index contributed by atoms with van der Waals surface area (Å²) in [5.41, 5.74) is 3.21. The number of rotatable bonds is 6. The SMILES string of the molecule is CS(=O)(=O)Nc1ccc(-c2ccc(C(=O)O)c(Nc3ccc4c(c3)OCO4)c2)cc1. The quantitative estimate of drug-likeness (QED) is 0.548. The molecule has 0 spiro atoms. The number of benzene rings is 3. The van der Waals surface area contributed by atoms with Gasteiger partial charge in [0.2, 0.25) is 16.8 Å². The molecule has 8 nitrogen and oxygen atoms in total. The molecule has 0 unspecified atom stereocenters. The highest BCUT2D eigenvalue weighted by Crippen LogP contribution is 2.36. The molecule has 9 heteroatoms. The van der Waals surface area contributed by atoms with E-state index in [1.807, 2.05) is 0 Å². The van der Waals surface area contributed by atoms with Crippen LogP contribution in [0.1, 0.15) is 10.4 Å². The highest BCUT2D eigenvalue weighted by Gasteiger charge is 2.16. The fourth-order valence-electron chi connectivity index (χ4n) is 3.09. The Bertz CT molecular complexity index is 1220. The largest absolute Gasteiger partial charge is 0.478 e. The molecule has 0 amide bonds. The first-order chi connectivity index (χ1) is 14.3. The van der Waals surface area contributed by atoms with E-state index in [1.165, 1.54) is 6.07 Å². The van der Waals surface area contributed by atoms with Crippen molar-refractivity contribution in [2.75, 3.05) is 23.1 Å². The fourth-order valence-corrected chi connectivity index (χ4v) is 3.65. The second kappa shape index (κ2) is 7.60. The molecule has 0 fully saturated rings. The summed E-state index contributed by atoms with van der Waals surface area (Å²) in [6, 6.07) is 17.0. The highest BCUT2D eigenvalue weighted by molar-refractivity contribution is 7.92. The summed E-state index contributed by atoms with van der Waals surface area (Å²) in [6.45, 7) is 0.152. The van der Waals surface area contributed by atoms with Gasteiger partial charge in [0.15, 0.2) is 11.5 Å². The minimum atomic E-state index is -3.36. The first-order valence-electron chi connectivity index (χ1n) is 8.91. The predicted octanol–water partition coefficient (Wildman–Crippen LogP) is 3.90. The second-order valence-corrected chi connectivity index (χ2v) is 8.46. The van der Waals surface area contributed by atoms with Gasteiger partial charge in [0, 0.05) is 17.4 Å². The van der Waals surface area contributed by atoms with Gasteiger partial charge in [0.1, 0.15) is 0 Å². The molecule has 0 aromatic heterocycles. The van der Waals surface area contributed by atoms with Crippen LogP contribution in [-0.4, -0.2) is 32.5 Å². The number of hydrogen-bond acceptors (Lipinski definition) is 6. The second-order valence-electron chi connectivity index (χ2n) is 6.71. The Morgan fingerprint density at radius 3 is 2.27 bits per heavy atom. The van der Waals surface area contributed by atoms with E-state index in [0.29, 0.717) is 28.6 Å². The van der Waals surface area contributed by atoms with Crippen molar-refractivity contribution in [2.24, 2.45) is 0 Å². The van der Waals surface area contributed by atoms with E-state index in [2.05, 4.69) is 10.0 Å². The first-order valence-corrected chi connectivity index (χ1v) is 10.8. The zero-order valence-corrected chi connectivity index (χ0v) is 16.7. The maximum atomic E-state index is 11.7. The third-order valence-corrected chi connectivity index (χ3v) is 5.03. The third-order valence-electron chi connectivity index (χ3n) is 4.42. The standard InChI is InChI=1S/C21H18N2O6S/c1-30(26,27)23-15-5-2-13(3-6-15)14-4-8-17(21(24)25)18(10-14)22-16-7-9-19-20(11-16)29-12-28-19/h2-11,22-23H,12H2,1H3,(H,24,25). The van der Waals surface area contributed by atoms with Crippen LogP contribution in [0.4, 0.5) is 17.1 Å². The summed E-state index contributed by atoms with van der Waals surface area (Å²) >= 11 is 0. The smallest absolute Gasteiger partial charge is 0.337 e. The predicted molar refractivity (Wildman–Crippen MR) is 113 cm³/mol. The van der Waals surface area contributed by atoms with Gasteiger partial charge in [-0.05, 0) is 47.5 Å². The van der Waals surface area contributed by atoms with Crippen molar-refractivity contribution in [2.45, 2.75) is 0 Å². The van der Waals surface area contributed by atoms with Gasteiger partial charge in [-0.25, -0.2) is 13.2 Å². The van der Waals surface area contributed by atoms with E-state index in [9.17, 15) is 18.3 Å². The summed E-state index contributed by atoms with van der Waals surface area (Å²) in [7, 11) is -3.36. The van der Waals surface area contributed by atoms with Crippen LogP contribution in [0.5, 0.6) is 11.5 Å². The van der Waals surface area contributed by atoms with Gasteiger partial charge in [-0.2, -0.15) is 0 Å². The molecule has 0 saturated heterocycles. The van der Waals surface area contributed by atoms with Crippen molar-refractivity contribution in [3.05, 3.63) is 66.2 Å². The summed E-state index contributed by atoms with van der Waals surface area (Å²) in [5.74, 6) is 0.162. The van der Waals surface area contributed by atoms with Crippen molar-refractivity contribution >= 4 is 33.1 Å². The van der Waals surface area contributed by atoms with Gasteiger partial charge < -0.3 is 19.9 Å². The Morgan fingerprint density at radius 2 is 1.57 bits per heavy atom. The lowest BCUT2D eigenvalue weighted by Crippen LogP contribution is -2.09. The molecule has 1 aliphatic rings. The van der Waals surface area contributed by atoms with E-state index >= 15 is 0 Å². The van der Waals surface area contributed by atoms with Gasteiger partial charge in [0.25, 0.3) is 0 Å². The van der Waals surface area contributed by atoms with E-state index in [1.54, 1.807) is 54.6 Å². The van der Waals surface area contributed by atoms with E-state index in [4.69, 9.17) is 9.47 Å². The highest BCUT2D eigenvalue weighted by atomic mass is 32.2. The van der Waals surface area contributed by atoms with Crippen molar-refractivity contribution in [3.8, 4) is 22.6 Å². The molecule has 154 valence electrons.